The van der Waals surface area contributed by atoms with Crippen molar-refractivity contribution in [2.75, 3.05) is 69.7 Å². The van der Waals surface area contributed by atoms with Gasteiger partial charge in [0.15, 0.2) is 0 Å². The number of hydrogen-bond donors (Lipinski definition) is 4. The lowest BCUT2D eigenvalue weighted by molar-refractivity contribution is 0.413. The van der Waals surface area contributed by atoms with Crippen molar-refractivity contribution in [3.05, 3.63) is 60.0 Å². The van der Waals surface area contributed by atoms with E-state index in [1.54, 1.807) is 25.6 Å². The number of nitrogens with two attached hydrogens (primary N) is 1. The van der Waals surface area contributed by atoms with E-state index >= 15 is 0 Å². The van der Waals surface area contributed by atoms with Gasteiger partial charge in [-0.3, -0.25) is 10.4 Å². The molecule has 0 atom stereocenters. The molecule has 9 heteroatoms. The van der Waals surface area contributed by atoms with Gasteiger partial charge in [0.25, 0.3) is 0 Å². The van der Waals surface area contributed by atoms with Crippen molar-refractivity contribution in [1.82, 2.24) is 14.9 Å². The van der Waals surface area contributed by atoms with E-state index in [9.17, 15) is 0 Å². The largest absolute Gasteiger partial charge is 0.494 e. The van der Waals surface area contributed by atoms with Gasteiger partial charge in [-0.05, 0) is 44.4 Å². The van der Waals surface area contributed by atoms with Crippen molar-refractivity contribution in [3.63, 3.8) is 0 Å². The van der Waals surface area contributed by atoms with Crippen molar-refractivity contribution in [2.45, 2.75) is 0 Å². The van der Waals surface area contributed by atoms with Crippen LogP contribution in [0.15, 0.2) is 48.8 Å². The van der Waals surface area contributed by atoms with Crippen LogP contribution in [0.5, 0.6) is 5.75 Å². The highest BCUT2D eigenvalue weighted by Gasteiger charge is 2.15. The summed E-state index contributed by atoms with van der Waals surface area (Å²) in [6, 6.07) is 11.1. The third-order valence-corrected chi connectivity index (χ3v) is 5.27. The fourth-order valence-electron chi connectivity index (χ4n) is 3.39. The fraction of sp³-hybridized carbons (Fsp3) is 0.292. The maximum Gasteiger partial charge on any atom is 0.144 e. The first-order chi connectivity index (χ1) is 15.8. The molecule has 33 heavy (non-hydrogen) atoms. The lowest BCUT2D eigenvalue weighted by Gasteiger charge is -2.24. The Morgan fingerprint density at radius 1 is 1.06 bits per heavy atom. The first-order valence-electron chi connectivity index (χ1n) is 10.6. The van der Waals surface area contributed by atoms with Crippen molar-refractivity contribution >= 4 is 34.3 Å². The lowest BCUT2D eigenvalue weighted by atomic mass is 10.1. The van der Waals surface area contributed by atoms with Gasteiger partial charge in [-0.2, -0.15) is 0 Å². The van der Waals surface area contributed by atoms with Gasteiger partial charge in [-0.15, -0.1) is 0 Å². The molecule has 2 aromatic heterocycles. The molecule has 0 radical (unpaired) electrons. The maximum absolute atomic E-state index is 8.64. The van der Waals surface area contributed by atoms with E-state index in [-0.39, 0.29) is 0 Å². The minimum atomic E-state index is 0.301. The Bertz CT molecular complexity index is 1120. The van der Waals surface area contributed by atoms with E-state index in [0.717, 1.165) is 24.5 Å². The molecule has 0 fully saturated rings. The van der Waals surface area contributed by atoms with Gasteiger partial charge in [-0.25, -0.2) is 4.98 Å². The summed E-state index contributed by atoms with van der Waals surface area (Å²) in [5.74, 6) is 1.23. The van der Waals surface area contributed by atoms with Gasteiger partial charge in [0.1, 0.15) is 17.3 Å². The number of nitrogens with one attached hydrogen (secondary N) is 3. The van der Waals surface area contributed by atoms with Crippen LogP contribution < -0.4 is 26.0 Å². The van der Waals surface area contributed by atoms with Crippen LogP contribution in [0.3, 0.4) is 0 Å². The molecule has 0 saturated carbocycles. The Labute approximate surface area is 195 Å². The van der Waals surface area contributed by atoms with Gasteiger partial charge < -0.3 is 30.9 Å². The van der Waals surface area contributed by atoms with Crippen LogP contribution in [0.2, 0.25) is 0 Å². The molecular formula is C24H32N8O. The van der Waals surface area contributed by atoms with Crippen LogP contribution >= 0.6 is 0 Å². The third-order valence-electron chi connectivity index (χ3n) is 5.27. The molecule has 0 spiro atoms. The third kappa shape index (κ3) is 5.69. The van der Waals surface area contributed by atoms with Crippen LogP contribution in [-0.2, 0) is 0 Å². The first-order valence-corrected chi connectivity index (χ1v) is 10.6. The molecule has 1 aromatic carbocycles. The maximum atomic E-state index is 8.64. The number of aromatic nitrogens is 2. The molecule has 0 unspecified atom stereocenters. The normalized spacial score (nSPS) is 10.7. The smallest absolute Gasteiger partial charge is 0.144 e. The van der Waals surface area contributed by atoms with Gasteiger partial charge in [0.05, 0.1) is 35.6 Å². The molecule has 0 aliphatic heterocycles. The molecule has 0 aliphatic rings. The second-order valence-corrected chi connectivity index (χ2v) is 7.92. The van der Waals surface area contributed by atoms with Crippen molar-refractivity contribution < 1.29 is 4.74 Å². The molecule has 3 rings (SSSR count). The highest BCUT2D eigenvalue weighted by molar-refractivity contribution is 6.13. The summed E-state index contributed by atoms with van der Waals surface area (Å²) < 4.78 is 5.62. The molecule has 0 amide bonds. The topological polar surface area (TPSA) is 115 Å². The Hall–Kier alpha value is -3.85. The summed E-state index contributed by atoms with van der Waals surface area (Å²) >= 11 is 0. The molecule has 0 bridgehead atoms. The molecule has 2 heterocycles. The highest BCUT2D eigenvalue weighted by atomic mass is 16.5. The zero-order valence-corrected chi connectivity index (χ0v) is 19.8. The Kier molecular flexibility index (Phi) is 7.68. The predicted molar refractivity (Wildman–Crippen MR) is 136 cm³/mol. The van der Waals surface area contributed by atoms with Crippen LogP contribution in [-0.4, -0.2) is 69.0 Å². The molecule has 5 N–H and O–H groups in total. The molecule has 0 saturated heterocycles. The number of hydrogen-bond acceptors (Lipinski definition) is 9. The number of ether oxygens (including phenoxy) is 1. The van der Waals surface area contributed by atoms with E-state index in [0.29, 0.717) is 39.9 Å². The second kappa shape index (κ2) is 10.6. The minimum Gasteiger partial charge on any atom is -0.494 e. The monoisotopic (exact) mass is 448 g/mol. The van der Waals surface area contributed by atoms with E-state index in [4.69, 9.17) is 15.9 Å². The standard InChI is InChI=1S/C24H32N8O/c1-27-18-7-6-9-29-24(18)23(26)16-8-10-28-22(13-16)30-19-14-17(25)20(15-21(19)33-5)32(4)12-11-31(2)3/h6-10,13-15,26-27H,11-12,25H2,1-5H3,(H,28,30). The average molecular weight is 449 g/mol. The first kappa shape index (κ1) is 23.8. The van der Waals surface area contributed by atoms with Crippen LogP contribution in [0.25, 0.3) is 0 Å². The van der Waals surface area contributed by atoms with Crippen molar-refractivity contribution in [3.8, 4) is 5.75 Å². The number of methoxy groups -OCH3 is 1. The molecular weight excluding hydrogens is 416 g/mol. The number of nitrogen functional groups attached to an aromatic ring is 1. The summed E-state index contributed by atoms with van der Waals surface area (Å²) in [6.45, 7) is 1.74. The van der Waals surface area contributed by atoms with E-state index in [1.165, 1.54) is 0 Å². The van der Waals surface area contributed by atoms with Crippen molar-refractivity contribution in [1.29, 1.82) is 5.41 Å². The van der Waals surface area contributed by atoms with Crippen LogP contribution in [0.4, 0.5) is 28.6 Å². The summed E-state index contributed by atoms with van der Waals surface area (Å²) in [5, 5.41) is 15.0. The van der Waals surface area contributed by atoms with Crippen molar-refractivity contribution in [2.24, 2.45) is 0 Å². The van der Waals surface area contributed by atoms with Gasteiger partial charge in [0.2, 0.25) is 0 Å². The molecule has 9 nitrogen and oxygen atoms in total. The summed E-state index contributed by atoms with van der Waals surface area (Å²) in [6.07, 6.45) is 3.34. The lowest BCUT2D eigenvalue weighted by Crippen LogP contribution is -2.29. The zero-order chi connectivity index (χ0) is 24.0. The number of benzene rings is 1. The molecule has 174 valence electrons. The van der Waals surface area contributed by atoms with Gasteiger partial charge >= 0.3 is 0 Å². The molecule has 0 aliphatic carbocycles. The number of pyridine rings is 2. The van der Waals surface area contributed by atoms with Crippen LogP contribution in [0.1, 0.15) is 11.3 Å². The summed E-state index contributed by atoms with van der Waals surface area (Å²) in [5.41, 5.74) is 11.0. The average Bonchev–Trinajstić information content (AvgIpc) is 2.82. The minimum absolute atomic E-state index is 0.301. The van der Waals surface area contributed by atoms with Gasteiger partial charge in [0, 0.05) is 51.2 Å². The predicted octanol–water partition coefficient (Wildman–Crippen LogP) is 3.27. The van der Waals surface area contributed by atoms with E-state index < -0.39 is 0 Å². The Morgan fingerprint density at radius 3 is 2.55 bits per heavy atom. The van der Waals surface area contributed by atoms with E-state index in [2.05, 4.69) is 30.4 Å². The number of likely N-dealkylation sites (N-methyl/N-ethyl adjacent to an activating group) is 2. The quantitative estimate of drug-likeness (QED) is 0.276. The summed E-state index contributed by atoms with van der Waals surface area (Å²) in [4.78, 5) is 13.0. The van der Waals surface area contributed by atoms with Crippen LogP contribution in [0, 0.1) is 5.41 Å². The second-order valence-electron chi connectivity index (χ2n) is 7.92. The number of rotatable bonds is 10. The zero-order valence-electron chi connectivity index (χ0n) is 19.8. The Balaban J connectivity index is 1.86. The number of anilines is 5. The number of nitrogens with zero attached hydrogens (tertiary/aromatic N) is 4. The Morgan fingerprint density at radius 2 is 1.85 bits per heavy atom. The van der Waals surface area contributed by atoms with E-state index in [1.807, 2.05) is 58.5 Å². The summed E-state index contributed by atoms with van der Waals surface area (Å²) in [7, 11) is 9.53. The molecule has 3 aromatic rings. The van der Waals surface area contributed by atoms with Gasteiger partial charge in [-0.1, -0.05) is 0 Å². The SMILES string of the molecule is CNc1cccnc1C(=N)c1ccnc(Nc2cc(N)c(N(C)CCN(C)C)cc2OC)c1. The highest BCUT2D eigenvalue weighted by Crippen LogP contribution is 2.36. The fourth-order valence-corrected chi connectivity index (χ4v) is 3.39.